The monoisotopic (exact) mass is 192 g/mol. The van der Waals surface area contributed by atoms with Crippen LogP contribution in [0.15, 0.2) is 24.3 Å². The minimum Gasteiger partial charge on any atom is -0.393 e. The van der Waals surface area contributed by atoms with E-state index in [1.165, 1.54) is 11.1 Å². The lowest BCUT2D eigenvalue weighted by Gasteiger charge is -2.24. The van der Waals surface area contributed by atoms with Crippen molar-refractivity contribution in [3.63, 3.8) is 0 Å². The van der Waals surface area contributed by atoms with Crippen LogP contribution in [0.5, 0.6) is 0 Å². The van der Waals surface area contributed by atoms with Crippen LogP contribution in [0.3, 0.4) is 0 Å². The second kappa shape index (κ2) is 4.61. The summed E-state index contributed by atoms with van der Waals surface area (Å²) in [6.07, 6.45) is -0.280. The van der Waals surface area contributed by atoms with Crippen LogP contribution in [0.4, 0.5) is 0 Å². The number of aliphatic hydroxyl groups is 1. The molecule has 0 saturated carbocycles. The highest BCUT2D eigenvalue weighted by Gasteiger charge is 2.20. The largest absolute Gasteiger partial charge is 0.393 e. The van der Waals surface area contributed by atoms with Crippen LogP contribution in [0.2, 0.25) is 0 Å². The predicted octanol–water partition coefficient (Wildman–Crippen LogP) is 3.12. The first kappa shape index (κ1) is 11.3. The Morgan fingerprint density at radius 2 is 1.50 bits per heavy atom. The molecule has 0 fully saturated rings. The zero-order chi connectivity index (χ0) is 10.7. The third kappa shape index (κ3) is 2.58. The molecule has 1 N–H and O–H groups in total. The van der Waals surface area contributed by atoms with E-state index in [4.69, 9.17) is 0 Å². The summed E-state index contributed by atoms with van der Waals surface area (Å²) in [6, 6.07) is 8.44. The molecule has 14 heavy (non-hydrogen) atoms. The highest BCUT2D eigenvalue weighted by atomic mass is 16.3. The van der Waals surface area contributed by atoms with E-state index in [0.717, 1.165) is 0 Å². The molecule has 1 aromatic rings. The minimum absolute atomic E-state index is 0.246. The smallest absolute Gasteiger partial charge is 0.0583 e. The zero-order valence-electron chi connectivity index (χ0n) is 9.49. The topological polar surface area (TPSA) is 20.2 Å². The molecule has 0 radical (unpaired) electrons. The van der Waals surface area contributed by atoms with Crippen LogP contribution < -0.4 is 0 Å². The molecule has 0 aliphatic carbocycles. The van der Waals surface area contributed by atoms with E-state index < -0.39 is 0 Å². The van der Waals surface area contributed by atoms with Gasteiger partial charge in [-0.2, -0.15) is 0 Å². The molecule has 0 aliphatic heterocycles. The Morgan fingerprint density at radius 1 is 1.00 bits per heavy atom. The number of rotatable bonds is 3. The van der Waals surface area contributed by atoms with Crippen molar-refractivity contribution in [3.05, 3.63) is 35.4 Å². The van der Waals surface area contributed by atoms with Crippen LogP contribution in [0.1, 0.15) is 37.8 Å². The lowest BCUT2D eigenvalue weighted by Crippen LogP contribution is -2.19. The van der Waals surface area contributed by atoms with Gasteiger partial charge in [-0.15, -0.1) is 0 Å². The van der Waals surface area contributed by atoms with Crippen LogP contribution in [0, 0.1) is 12.8 Å². The number of hydrogen-bond donors (Lipinski definition) is 1. The maximum Gasteiger partial charge on any atom is 0.0583 e. The molecule has 0 heterocycles. The predicted molar refractivity (Wildman–Crippen MR) is 60.4 cm³/mol. The van der Waals surface area contributed by atoms with Crippen molar-refractivity contribution in [3.8, 4) is 0 Å². The van der Waals surface area contributed by atoms with Gasteiger partial charge in [-0.1, -0.05) is 43.7 Å². The molecule has 78 valence electrons. The van der Waals surface area contributed by atoms with Crippen molar-refractivity contribution >= 4 is 0 Å². The Hall–Kier alpha value is -0.820. The molecule has 0 saturated heterocycles. The fourth-order valence-electron chi connectivity index (χ4n) is 2.01. The van der Waals surface area contributed by atoms with E-state index in [2.05, 4.69) is 45.0 Å². The molecule has 2 atom stereocenters. The van der Waals surface area contributed by atoms with Crippen molar-refractivity contribution in [2.45, 2.75) is 39.7 Å². The maximum absolute atomic E-state index is 9.71. The van der Waals surface area contributed by atoms with E-state index in [1.807, 2.05) is 6.92 Å². The zero-order valence-corrected chi connectivity index (χ0v) is 9.49. The fraction of sp³-hybridized carbons (Fsp3) is 0.538. The summed E-state index contributed by atoms with van der Waals surface area (Å²) in [4.78, 5) is 0. The summed E-state index contributed by atoms with van der Waals surface area (Å²) in [5.74, 6) is 0.716. The van der Waals surface area contributed by atoms with Crippen molar-refractivity contribution < 1.29 is 5.11 Å². The van der Waals surface area contributed by atoms with Crippen molar-refractivity contribution in [2.75, 3.05) is 0 Å². The lowest BCUT2D eigenvalue weighted by atomic mass is 9.84. The van der Waals surface area contributed by atoms with Crippen LogP contribution in [-0.2, 0) is 0 Å². The first-order valence-electron chi connectivity index (χ1n) is 5.27. The van der Waals surface area contributed by atoms with Gasteiger partial charge in [-0.3, -0.25) is 0 Å². The van der Waals surface area contributed by atoms with Gasteiger partial charge in [0.1, 0.15) is 0 Å². The van der Waals surface area contributed by atoms with E-state index >= 15 is 0 Å². The Bertz CT molecular complexity index is 264. The second-order valence-electron chi connectivity index (χ2n) is 4.42. The molecule has 1 nitrogen and oxygen atoms in total. The molecule has 0 aromatic heterocycles. The van der Waals surface area contributed by atoms with Gasteiger partial charge in [0, 0.05) is 5.92 Å². The average Bonchev–Trinajstić information content (AvgIpc) is 2.07. The summed E-state index contributed by atoms with van der Waals surface area (Å²) in [5.41, 5.74) is 2.50. The maximum atomic E-state index is 9.71. The number of aryl methyl sites for hydroxylation is 1. The van der Waals surface area contributed by atoms with Gasteiger partial charge < -0.3 is 5.11 Å². The molecular weight excluding hydrogens is 172 g/mol. The molecule has 0 aliphatic rings. The average molecular weight is 192 g/mol. The summed E-state index contributed by atoms with van der Waals surface area (Å²) in [7, 11) is 0. The fourth-order valence-corrected chi connectivity index (χ4v) is 2.01. The highest BCUT2D eigenvalue weighted by Crippen LogP contribution is 2.27. The van der Waals surface area contributed by atoms with Gasteiger partial charge in [-0.25, -0.2) is 0 Å². The van der Waals surface area contributed by atoms with Crippen LogP contribution in [0.25, 0.3) is 0 Å². The van der Waals surface area contributed by atoms with Crippen LogP contribution in [-0.4, -0.2) is 11.2 Å². The minimum atomic E-state index is -0.280. The van der Waals surface area contributed by atoms with Crippen molar-refractivity contribution in [1.29, 1.82) is 0 Å². The summed E-state index contributed by atoms with van der Waals surface area (Å²) < 4.78 is 0. The lowest BCUT2D eigenvalue weighted by molar-refractivity contribution is 0.140. The van der Waals surface area contributed by atoms with E-state index in [-0.39, 0.29) is 12.0 Å². The van der Waals surface area contributed by atoms with E-state index in [0.29, 0.717) is 5.92 Å². The molecule has 0 bridgehead atoms. The van der Waals surface area contributed by atoms with E-state index in [9.17, 15) is 5.11 Å². The third-order valence-corrected chi connectivity index (χ3v) is 2.70. The molecule has 0 spiro atoms. The molecule has 0 amide bonds. The van der Waals surface area contributed by atoms with E-state index in [1.54, 1.807) is 0 Å². The van der Waals surface area contributed by atoms with Gasteiger partial charge in [0.15, 0.2) is 0 Å². The first-order valence-corrected chi connectivity index (χ1v) is 5.27. The van der Waals surface area contributed by atoms with Crippen molar-refractivity contribution in [1.82, 2.24) is 0 Å². The summed E-state index contributed by atoms with van der Waals surface area (Å²) in [5, 5.41) is 9.71. The van der Waals surface area contributed by atoms with Gasteiger partial charge in [-0.05, 0) is 25.3 Å². The summed E-state index contributed by atoms with van der Waals surface area (Å²) in [6.45, 7) is 8.25. The second-order valence-corrected chi connectivity index (χ2v) is 4.42. The molecular formula is C13H20O. The molecule has 2 unspecified atom stereocenters. The first-order chi connectivity index (χ1) is 6.52. The molecule has 1 aromatic carbocycles. The van der Waals surface area contributed by atoms with Gasteiger partial charge in [0.25, 0.3) is 0 Å². The normalized spacial score (nSPS) is 15.6. The Labute approximate surface area is 86.8 Å². The molecule has 1 heteroatoms. The SMILES string of the molecule is Cc1ccc(C(C(C)C)C(C)O)cc1. The number of aliphatic hydroxyl groups excluding tert-OH is 1. The van der Waals surface area contributed by atoms with Gasteiger partial charge in [0.2, 0.25) is 0 Å². The summed E-state index contributed by atoms with van der Waals surface area (Å²) >= 11 is 0. The number of hydrogen-bond acceptors (Lipinski definition) is 1. The third-order valence-electron chi connectivity index (χ3n) is 2.70. The number of benzene rings is 1. The van der Waals surface area contributed by atoms with Crippen molar-refractivity contribution in [2.24, 2.45) is 5.92 Å². The highest BCUT2D eigenvalue weighted by molar-refractivity contribution is 5.25. The van der Waals surface area contributed by atoms with Crippen LogP contribution >= 0.6 is 0 Å². The standard InChI is InChI=1S/C13H20O/c1-9(2)13(11(4)14)12-7-5-10(3)6-8-12/h5-9,11,13-14H,1-4H3. The van der Waals surface area contributed by atoms with Gasteiger partial charge >= 0.3 is 0 Å². The Balaban J connectivity index is 2.94. The Morgan fingerprint density at radius 3 is 1.86 bits per heavy atom. The molecule has 1 rings (SSSR count). The quantitative estimate of drug-likeness (QED) is 0.780. The Kier molecular flexibility index (Phi) is 3.70. The van der Waals surface area contributed by atoms with Gasteiger partial charge in [0.05, 0.1) is 6.10 Å².